The van der Waals surface area contributed by atoms with Gasteiger partial charge >= 0.3 is 0 Å². The Morgan fingerprint density at radius 3 is 2.45 bits per heavy atom. The molecule has 60 valence electrons. The molecular weight excluding hydrogens is 168 g/mol. The Labute approximate surface area is 67.6 Å². The summed E-state index contributed by atoms with van der Waals surface area (Å²) >= 11 is 1.01. The van der Waals surface area contributed by atoms with Crippen molar-refractivity contribution in [2.45, 2.75) is 4.90 Å². The number of thioether (sulfide) groups is 1. The molecule has 1 aromatic rings. The Kier molecular flexibility index (Phi) is 2.34. The van der Waals surface area contributed by atoms with E-state index in [0.717, 1.165) is 17.8 Å². The van der Waals surface area contributed by atoms with E-state index in [-0.39, 0.29) is 10.6 Å². The van der Waals surface area contributed by atoms with Crippen LogP contribution in [-0.4, -0.2) is 6.26 Å². The van der Waals surface area contributed by atoms with Crippen LogP contribution in [-0.2, 0) is 0 Å². The minimum Gasteiger partial charge on any atom is -0.396 e. The highest BCUT2D eigenvalue weighted by Gasteiger charge is 2.09. The first kappa shape index (κ1) is 8.33. The van der Waals surface area contributed by atoms with Gasteiger partial charge in [-0.05, 0) is 18.4 Å². The molecule has 0 heterocycles. The molecule has 0 amide bonds. The summed E-state index contributed by atoms with van der Waals surface area (Å²) in [6.07, 6.45) is 1.60. The summed E-state index contributed by atoms with van der Waals surface area (Å²) in [5.74, 6) is -1.23. The molecule has 0 aliphatic heterocycles. The van der Waals surface area contributed by atoms with Crippen LogP contribution in [0.1, 0.15) is 0 Å². The zero-order valence-electron chi connectivity index (χ0n) is 5.90. The molecule has 0 saturated heterocycles. The number of benzene rings is 1. The van der Waals surface area contributed by atoms with Gasteiger partial charge in [0.15, 0.2) is 5.82 Å². The number of rotatable bonds is 1. The molecule has 2 N–H and O–H groups in total. The number of nitrogen functional groups attached to an aromatic ring is 1. The van der Waals surface area contributed by atoms with Crippen molar-refractivity contribution in [2.75, 3.05) is 12.0 Å². The Balaban J connectivity index is 3.29. The van der Waals surface area contributed by atoms with Crippen LogP contribution in [0.2, 0.25) is 0 Å². The first-order chi connectivity index (χ1) is 5.16. The minimum absolute atomic E-state index is 0.0178. The molecule has 1 nitrogen and oxygen atoms in total. The van der Waals surface area contributed by atoms with E-state index in [1.807, 2.05) is 0 Å². The van der Waals surface area contributed by atoms with Gasteiger partial charge in [-0.2, -0.15) is 0 Å². The van der Waals surface area contributed by atoms with Gasteiger partial charge in [-0.3, -0.25) is 0 Å². The van der Waals surface area contributed by atoms with Gasteiger partial charge in [0.25, 0.3) is 0 Å². The van der Waals surface area contributed by atoms with Crippen LogP contribution in [0.4, 0.5) is 14.5 Å². The van der Waals surface area contributed by atoms with Crippen LogP contribution in [0, 0.1) is 11.6 Å². The van der Waals surface area contributed by atoms with Gasteiger partial charge in [-0.1, -0.05) is 0 Å². The molecule has 0 unspecified atom stereocenters. The summed E-state index contributed by atoms with van der Waals surface area (Å²) < 4.78 is 25.6. The lowest BCUT2D eigenvalue weighted by atomic mass is 10.3. The van der Waals surface area contributed by atoms with Crippen LogP contribution < -0.4 is 5.73 Å². The fourth-order valence-electron chi connectivity index (χ4n) is 0.735. The lowest BCUT2D eigenvalue weighted by molar-refractivity contribution is 0.544. The van der Waals surface area contributed by atoms with Crippen molar-refractivity contribution >= 4 is 17.4 Å². The van der Waals surface area contributed by atoms with Gasteiger partial charge < -0.3 is 5.73 Å². The van der Waals surface area contributed by atoms with E-state index >= 15 is 0 Å². The number of nitrogens with two attached hydrogens (primary N) is 1. The molecule has 0 bridgehead atoms. The Morgan fingerprint density at radius 1 is 1.36 bits per heavy atom. The Bertz CT molecular complexity index is 275. The quantitative estimate of drug-likeness (QED) is 0.523. The van der Waals surface area contributed by atoms with Crippen molar-refractivity contribution < 1.29 is 8.78 Å². The first-order valence-corrected chi connectivity index (χ1v) is 4.16. The molecule has 0 aromatic heterocycles. The SMILES string of the molecule is CSc1c(F)ccc(N)c1F. The van der Waals surface area contributed by atoms with E-state index in [4.69, 9.17) is 5.73 Å². The Morgan fingerprint density at radius 2 is 2.00 bits per heavy atom. The van der Waals surface area contributed by atoms with Crippen LogP contribution >= 0.6 is 11.8 Å². The fraction of sp³-hybridized carbons (Fsp3) is 0.143. The second-order valence-corrected chi connectivity index (χ2v) is 2.80. The standard InChI is InChI=1S/C7H7F2NS/c1-11-7-4(8)2-3-5(10)6(7)9/h2-3H,10H2,1H3. The number of hydrogen-bond donors (Lipinski definition) is 1. The lowest BCUT2D eigenvalue weighted by Crippen LogP contribution is -1.94. The average molecular weight is 175 g/mol. The average Bonchev–Trinajstić information content (AvgIpc) is 1.99. The maximum absolute atomic E-state index is 12.9. The van der Waals surface area contributed by atoms with Crippen molar-refractivity contribution in [3.63, 3.8) is 0 Å². The van der Waals surface area contributed by atoms with E-state index in [2.05, 4.69) is 0 Å². The number of anilines is 1. The summed E-state index contributed by atoms with van der Waals surface area (Å²) in [6.45, 7) is 0. The smallest absolute Gasteiger partial charge is 0.162 e. The molecule has 0 atom stereocenters. The van der Waals surface area contributed by atoms with Crippen LogP contribution in [0.3, 0.4) is 0 Å². The molecule has 0 fully saturated rings. The van der Waals surface area contributed by atoms with Crippen molar-refractivity contribution in [2.24, 2.45) is 0 Å². The molecular formula is C7H7F2NS. The highest BCUT2D eigenvalue weighted by molar-refractivity contribution is 7.98. The predicted octanol–water partition coefficient (Wildman–Crippen LogP) is 2.27. The molecule has 11 heavy (non-hydrogen) atoms. The Hall–Kier alpha value is -0.770. The predicted molar refractivity (Wildman–Crippen MR) is 42.6 cm³/mol. The molecule has 0 aliphatic carbocycles. The van der Waals surface area contributed by atoms with Gasteiger partial charge in [-0.15, -0.1) is 11.8 Å². The van der Waals surface area contributed by atoms with Crippen molar-refractivity contribution in [3.05, 3.63) is 23.8 Å². The van der Waals surface area contributed by atoms with Crippen LogP contribution in [0.5, 0.6) is 0 Å². The van der Waals surface area contributed by atoms with Gasteiger partial charge in [0.1, 0.15) is 5.82 Å². The largest absolute Gasteiger partial charge is 0.396 e. The summed E-state index contributed by atoms with van der Waals surface area (Å²) in [5, 5.41) is 0. The second kappa shape index (κ2) is 3.09. The zero-order valence-corrected chi connectivity index (χ0v) is 6.71. The van der Waals surface area contributed by atoms with E-state index in [0.29, 0.717) is 0 Å². The summed E-state index contributed by atoms with van der Waals surface area (Å²) in [5.41, 5.74) is 5.19. The molecule has 0 radical (unpaired) electrons. The van der Waals surface area contributed by atoms with Crippen molar-refractivity contribution in [3.8, 4) is 0 Å². The summed E-state index contributed by atoms with van der Waals surface area (Å²) in [6, 6.07) is 2.37. The summed E-state index contributed by atoms with van der Waals surface area (Å²) in [4.78, 5) is -0.0231. The fourth-order valence-corrected chi connectivity index (χ4v) is 1.29. The molecule has 1 rings (SSSR count). The van der Waals surface area contributed by atoms with Crippen molar-refractivity contribution in [1.29, 1.82) is 0 Å². The molecule has 1 aromatic carbocycles. The van der Waals surface area contributed by atoms with Gasteiger partial charge in [0.05, 0.1) is 10.6 Å². The van der Waals surface area contributed by atoms with Crippen molar-refractivity contribution in [1.82, 2.24) is 0 Å². The number of halogens is 2. The van der Waals surface area contributed by atoms with Gasteiger partial charge in [0.2, 0.25) is 0 Å². The lowest BCUT2D eigenvalue weighted by Gasteiger charge is -2.02. The highest BCUT2D eigenvalue weighted by atomic mass is 32.2. The monoisotopic (exact) mass is 175 g/mol. The topological polar surface area (TPSA) is 26.0 Å². The highest BCUT2D eigenvalue weighted by Crippen LogP contribution is 2.26. The molecule has 4 heteroatoms. The number of hydrogen-bond acceptors (Lipinski definition) is 2. The van der Waals surface area contributed by atoms with E-state index in [1.165, 1.54) is 6.07 Å². The first-order valence-electron chi connectivity index (χ1n) is 2.94. The van der Waals surface area contributed by atoms with Crippen LogP contribution in [0.25, 0.3) is 0 Å². The molecule has 0 spiro atoms. The van der Waals surface area contributed by atoms with Gasteiger partial charge in [0, 0.05) is 0 Å². The van der Waals surface area contributed by atoms with Gasteiger partial charge in [-0.25, -0.2) is 8.78 Å². The van der Waals surface area contributed by atoms with E-state index in [9.17, 15) is 8.78 Å². The maximum atomic E-state index is 12.9. The zero-order chi connectivity index (χ0) is 8.43. The van der Waals surface area contributed by atoms with E-state index in [1.54, 1.807) is 6.26 Å². The molecule has 0 aliphatic rings. The van der Waals surface area contributed by atoms with E-state index < -0.39 is 11.6 Å². The summed E-state index contributed by atoms with van der Waals surface area (Å²) in [7, 11) is 0. The maximum Gasteiger partial charge on any atom is 0.162 e. The van der Waals surface area contributed by atoms with Crippen LogP contribution in [0.15, 0.2) is 17.0 Å². The third-order valence-corrected chi connectivity index (χ3v) is 2.07. The third-order valence-electron chi connectivity index (χ3n) is 1.28. The molecule has 0 saturated carbocycles. The normalized spacial score (nSPS) is 10.1. The third kappa shape index (κ3) is 1.45. The second-order valence-electron chi connectivity index (χ2n) is 1.98. The minimum atomic E-state index is -0.669.